The van der Waals surface area contributed by atoms with Crippen molar-refractivity contribution in [1.29, 1.82) is 5.26 Å². The molecule has 10 heteroatoms. The van der Waals surface area contributed by atoms with Crippen molar-refractivity contribution in [3.63, 3.8) is 0 Å². The van der Waals surface area contributed by atoms with Gasteiger partial charge in [0, 0.05) is 55.9 Å². The van der Waals surface area contributed by atoms with Gasteiger partial charge in [-0.05, 0) is 44.1 Å². The minimum atomic E-state index is -0.234. The molecule has 2 saturated heterocycles. The average molecular weight is 536 g/mol. The number of anilines is 1. The smallest absolute Gasteiger partial charge is 0.318 e. The summed E-state index contributed by atoms with van der Waals surface area (Å²) in [7, 11) is 2.13. The third-order valence-corrected chi connectivity index (χ3v) is 8.17. The zero-order valence-corrected chi connectivity index (χ0v) is 22.6. The van der Waals surface area contributed by atoms with E-state index in [1.54, 1.807) is 4.90 Å². The van der Waals surface area contributed by atoms with Crippen molar-refractivity contribution in [2.45, 2.75) is 51.0 Å². The van der Waals surface area contributed by atoms with Crippen molar-refractivity contribution in [1.82, 2.24) is 24.7 Å². The number of likely N-dealkylation sites (N-methyl/N-ethyl adjacent to an activating group) is 1. The van der Waals surface area contributed by atoms with E-state index in [4.69, 9.17) is 26.3 Å². The zero-order valence-electron chi connectivity index (χ0n) is 21.9. The summed E-state index contributed by atoms with van der Waals surface area (Å²) in [6.45, 7) is 8.96. The predicted octanol–water partition coefficient (Wildman–Crippen LogP) is 3.24. The summed E-state index contributed by atoms with van der Waals surface area (Å²) >= 11 is 6.45. The maximum atomic E-state index is 12.4. The fourth-order valence-electron chi connectivity index (χ4n) is 5.68. The van der Waals surface area contributed by atoms with Crippen LogP contribution in [0.5, 0.6) is 6.01 Å². The van der Waals surface area contributed by atoms with Gasteiger partial charge in [0.25, 0.3) is 0 Å². The Labute approximate surface area is 229 Å². The molecular weight excluding hydrogens is 502 g/mol. The van der Waals surface area contributed by atoms with Crippen molar-refractivity contribution in [3.8, 4) is 12.1 Å². The number of halogens is 1. The van der Waals surface area contributed by atoms with E-state index in [9.17, 15) is 10.1 Å². The summed E-state index contributed by atoms with van der Waals surface area (Å²) < 4.78 is 6.18. The number of hydrogen-bond donors (Lipinski definition) is 0. The van der Waals surface area contributed by atoms with Gasteiger partial charge in [0.2, 0.25) is 5.91 Å². The fraction of sp³-hybridized carbons (Fsp3) is 0.500. The molecule has 1 amide bonds. The van der Waals surface area contributed by atoms with Crippen molar-refractivity contribution >= 4 is 23.3 Å². The first kappa shape index (κ1) is 26.4. The quantitative estimate of drug-likeness (QED) is 0.476. The molecule has 2 aromatic rings. The molecule has 2 atom stereocenters. The number of nitriles is 1. The molecule has 4 heterocycles. The highest BCUT2D eigenvalue weighted by Gasteiger charge is 2.34. The molecule has 38 heavy (non-hydrogen) atoms. The van der Waals surface area contributed by atoms with Gasteiger partial charge in [-0.1, -0.05) is 36.4 Å². The topological polar surface area (TPSA) is 88.8 Å². The summed E-state index contributed by atoms with van der Waals surface area (Å²) in [6, 6.07) is 10.7. The van der Waals surface area contributed by atoms with Gasteiger partial charge in [0.15, 0.2) is 0 Å². The highest BCUT2D eigenvalue weighted by atomic mass is 35.5. The summed E-state index contributed by atoms with van der Waals surface area (Å²) in [5.74, 6) is 0.688. The number of rotatable bonds is 8. The second-order valence-electron chi connectivity index (χ2n) is 10.3. The van der Waals surface area contributed by atoms with Crippen molar-refractivity contribution in [2.75, 3.05) is 44.7 Å². The first-order valence-corrected chi connectivity index (χ1v) is 13.6. The van der Waals surface area contributed by atoms with E-state index in [0.717, 1.165) is 40.6 Å². The van der Waals surface area contributed by atoms with E-state index >= 15 is 0 Å². The van der Waals surface area contributed by atoms with Crippen LogP contribution in [0.25, 0.3) is 0 Å². The second-order valence-corrected chi connectivity index (χ2v) is 10.7. The SMILES string of the molecule is C=CC(=O)N1CCN(c2nc(OC[C@@H]3CCCN3C)nc3c2CN(Cc2ccccc2Cl)C3)C[C@@H]1CC#N. The number of hydrogen-bond acceptors (Lipinski definition) is 8. The van der Waals surface area contributed by atoms with Crippen LogP contribution in [0.1, 0.15) is 36.1 Å². The van der Waals surface area contributed by atoms with E-state index in [2.05, 4.69) is 34.4 Å². The Hall–Kier alpha value is -3.19. The standard InChI is InChI=1S/C28H34ClN7O2/c1-3-26(37)36-14-13-35(16-21(36)10-11-30)27-23-17-34(15-20-7-4-5-9-24(20)29)18-25(23)31-28(32-27)38-19-22-8-6-12-33(22)2/h3-5,7,9,21-22H,1,6,8,10,12-19H2,2H3/t21-,22-/m0/s1. The molecule has 0 aliphatic carbocycles. The third kappa shape index (κ3) is 5.63. The lowest BCUT2D eigenvalue weighted by atomic mass is 10.1. The van der Waals surface area contributed by atoms with Crippen molar-refractivity contribution in [3.05, 3.63) is 58.8 Å². The molecule has 0 N–H and O–H groups in total. The number of ether oxygens (including phenoxy) is 1. The van der Waals surface area contributed by atoms with Crippen LogP contribution < -0.4 is 9.64 Å². The molecule has 3 aliphatic heterocycles. The molecule has 1 aromatic carbocycles. The van der Waals surface area contributed by atoms with E-state index in [-0.39, 0.29) is 18.4 Å². The van der Waals surface area contributed by atoms with Gasteiger partial charge in [-0.25, -0.2) is 0 Å². The molecule has 9 nitrogen and oxygen atoms in total. The number of carbonyl (C=O) groups excluding carboxylic acids is 1. The van der Waals surface area contributed by atoms with Gasteiger partial charge in [-0.2, -0.15) is 15.2 Å². The molecule has 5 rings (SSSR count). The second kappa shape index (κ2) is 11.7. The zero-order chi connectivity index (χ0) is 26.6. The number of fused-ring (bicyclic) bond motifs is 1. The molecule has 0 saturated carbocycles. The maximum absolute atomic E-state index is 12.4. The van der Waals surface area contributed by atoms with Crippen molar-refractivity contribution < 1.29 is 9.53 Å². The van der Waals surface area contributed by atoms with Gasteiger partial charge < -0.3 is 19.4 Å². The lowest BCUT2D eigenvalue weighted by Gasteiger charge is -2.41. The summed E-state index contributed by atoms with van der Waals surface area (Å²) in [6.07, 6.45) is 3.85. The Morgan fingerprint density at radius 2 is 2.08 bits per heavy atom. The number of aromatic nitrogens is 2. The maximum Gasteiger partial charge on any atom is 0.318 e. The Morgan fingerprint density at radius 1 is 1.24 bits per heavy atom. The van der Waals surface area contributed by atoms with E-state index in [1.807, 2.05) is 24.3 Å². The van der Waals surface area contributed by atoms with E-state index in [1.165, 1.54) is 12.5 Å². The molecule has 0 unspecified atom stereocenters. The first-order chi connectivity index (χ1) is 18.5. The largest absolute Gasteiger partial charge is 0.462 e. The van der Waals surface area contributed by atoms with Crippen LogP contribution >= 0.6 is 11.6 Å². The molecule has 3 aliphatic rings. The normalized spacial score (nSPS) is 21.8. The number of benzene rings is 1. The Kier molecular flexibility index (Phi) is 8.12. The first-order valence-electron chi connectivity index (χ1n) is 13.2. The minimum absolute atomic E-state index is 0.145. The number of piperazine rings is 1. The summed E-state index contributed by atoms with van der Waals surface area (Å²) in [5, 5.41) is 10.2. The number of likely N-dealkylation sites (tertiary alicyclic amines) is 1. The monoisotopic (exact) mass is 535 g/mol. The molecule has 0 bridgehead atoms. The van der Waals surface area contributed by atoms with Crippen LogP contribution in [0.4, 0.5) is 5.82 Å². The molecule has 200 valence electrons. The van der Waals surface area contributed by atoms with Gasteiger partial charge in [-0.3, -0.25) is 9.69 Å². The highest BCUT2D eigenvalue weighted by molar-refractivity contribution is 6.31. The van der Waals surface area contributed by atoms with Gasteiger partial charge in [-0.15, -0.1) is 0 Å². The number of nitrogens with zero attached hydrogens (tertiary/aromatic N) is 7. The summed E-state index contributed by atoms with van der Waals surface area (Å²) in [4.78, 5) is 30.7. The molecule has 1 aromatic heterocycles. The van der Waals surface area contributed by atoms with Gasteiger partial charge in [0.1, 0.15) is 12.4 Å². The molecule has 0 radical (unpaired) electrons. The van der Waals surface area contributed by atoms with E-state index in [0.29, 0.717) is 57.9 Å². The van der Waals surface area contributed by atoms with Crippen LogP contribution in [0.15, 0.2) is 36.9 Å². The van der Waals surface area contributed by atoms with Crippen LogP contribution in [-0.2, 0) is 24.4 Å². The molecule has 0 spiro atoms. The average Bonchev–Trinajstić information content (AvgIpc) is 3.53. The lowest BCUT2D eigenvalue weighted by Crippen LogP contribution is -2.55. The fourth-order valence-corrected chi connectivity index (χ4v) is 5.88. The molecule has 2 fully saturated rings. The van der Waals surface area contributed by atoms with Gasteiger partial charge >= 0.3 is 6.01 Å². The summed E-state index contributed by atoms with van der Waals surface area (Å²) in [5.41, 5.74) is 3.10. The van der Waals surface area contributed by atoms with Crippen LogP contribution in [0.2, 0.25) is 5.02 Å². The van der Waals surface area contributed by atoms with Crippen LogP contribution in [-0.4, -0.2) is 82.5 Å². The highest BCUT2D eigenvalue weighted by Crippen LogP contribution is 2.34. The third-order valence-electron chi connectivity index (χ3n) is 7.80. The van der Waals surface area contributed by atoms with Gasteiger partial charge in [0.05, 0.1) is 24.2 Å². The van der Waals surface area contributed by atoms with Crippen LogP contribution in [0.3, 0.4) is 0 Å². The predicted molar refractivity (Wildman–Crippen MR) is 146 cm³/mol. The Morgan fingerprint density at radius 3 is 2.82 bits per heavy atom. The molecular formula is C28H34ClN7O2. The van der Waals surface area contributed by atoms with E-state index < -0.39 is 0 Å². The lowest BCUT2D eigenvalue weighted by molar-refractivity contribution is -0.128. The van der Waals surface area contributed by atoms with Crippen molar-refractivity contribution in [2.24, 2.45) is 0 Å². The van der Waals surface area contributed by atoms with Crippen LogP contribution in [0, 0.1) is 11.3 Å². The number of amides is 1. The number of carbonyl (C=O) groups is 1. The Balaban J connectivity index is 1.41. The minimum Gasteiger partial charge on any atom is -0.462 e. The Bertz CT molecular complexity index is 1230.